The lowest BCUT2D eigenvalue weighted by molar-refractivity contribution is 0.839. The number of nitrogens with zero attached hydrogens (tertiary/aromatic N) is 4. The van der Waals surface area contributed by atoms with Crippen LogP contribution in [-0.4, -0.2) is 19.6 Å². The summed E-state index contributed by atoms with van der Waals surface area (Å²) in [6, 6.07) is 7.90. The summed E-state index contributed by atoms with van der Waals surface area (Å²) < 4.78 is 1.95. The van der Waals surface area contributed by atoms with Crippen molar-refractivity contribution in [1.29, 1.82) is 0 Å². The first-order chi connectivity index (χ1) is 8.84. The third-order valence-corrected chi connectivity index (χ3v) is 2.96. The summed E-state index contributed by atoms with van der Waals surface area (Å²) >= 11 is 0. The molecule has 0 aliphatic rings. The van der Waals surface area contributed by atoms with Gasteiger partial charge in [-0.05, 0) is 18.1 Å². The van der Waals surface area contributed by atoms with Gasteiger partial charge in [0.2, 0.25) is 0 Å². The van der Waals surface area contributed by atoms with Crippen LogP contribution in [0.4, 0.5) is 5.69 Å². The molecule has 90 valence electrons. The summed E-state index contributed by atoms with van der Waals surface area (Å²) in [5.74, 6) is 0.927. The Kier molecular flexibility index (Phi) is 2.64. The molecule has 2 N–H and O–H groups in total. The first-order valence-corrected chi connectivity index (χ1v) is 5.81. The summed E-state index contributed by atoms with van der Waals surface area (Å²) in [6.45, 7) is 0. The largest absolute Gasteiger partial charge is 0.399 e. The molecule has 3 aromatic rings. The zero-order chi connectivity index (χ0) is 12.4. The number of para-hydroxylation sites is 1. The molecule has 0 bridgehead atoms. The Hall–Kier alpha value is -2.43. The van der Waals surface area contributed by atoms with Crippen LogP contribution in [0.2, 0.25) is 0 Å². The lowest BCUT2D eigenvalue weighted by Crippen LogP contribution is -2.00. The van der Waals surface area contributed by atoms with E-state index in [1.165, 1.54) is 0 Å². The molecule has 18 heavy (non-hydrogen) atoms. The van der Waals surface area contributed by atoms with E-state index in [-0.39, 0.29) is 0 Å². The Morgan fingerprint density at radius 3 is 2.89 bits per heavy atom. The lowest BCUT2D eigenvalue weighted by Gasteiger charge is -2.04. The molecule has 0 radical (unpaired) electrons. The van der Waals surface area contributed by atoms with E-state index < -0.39 is 0 Å². The molecule has 3 rings (SSSR count). The molecule has 0 saturated carbocycles. The van der Waals surface area contributed by atoms with Crippen LogP contribution in [0.15, 0.2) is 42.9 Å². The first-order valence-electron chi connectivity index (χ1n) is 5.81. The molecule has 0 unspecified atom stereocenters. The molecule has 0 fully saturated rings. The molecule has 1 aromatic carbocycles. The van der Waals surface area contributed by atoms with E-state index in [0.29, 0.717) is 0 Å². The molecule has 0 aliphatic heterocycles. The monoisotopic (exact) mass is 239 g/mol. The Bertz CT molecular complexity index is 674. The smallest absolute Gasteiger partial charge is 0.179 e. The van der Waals surface area contributed by atoms with E-state index in [1.54, 1.807) is 12.4 Å². The van der Waals surface area contributed by atoms with Crippen LogP contribution >= 0.6 is 0 Å². The maximum absolute atomic E-state index is 5.92. The van der Waals surface area contributed by atoms with Gasteiger partial charge < -0.3 is 5.73 Å². The van der Waals surface area contributed by atoms with Crippen molar-refractivity contribution in [2.75, 3.05) is 5.73 Å². The number of nitrogen functional groups attached to an aromatic ring is 1. The van der Waals surface area contributed by atoms with Crippen LogP contribution in [0, 0.1) is 0 Å². The fourth-order valence-electron chi connectivity index (χ4n) is 1.98. The highest BCUT2D eigenvalue weighted by molar-refractivity contribution is 5.46. The zero-order valence-corrected chi connectivity index (χ0v) is 9.82. The molecule has 2 heterocycles. The van der Waals surface area contributed by atoms with Crippen molar-refractivity contribution in [1.82, 2.24) is 19.6 Å². The van der Waals surface area contributed by atoms with E-state index in [2.05, 4.69) is 15.2 Å². The van der Waals surface area contributed by atoms with Gasteiger partial charge in [-0.1, -0.05) is 18.2 Å². The average molecular weight is 239 g/mol. The number of aromatic nitrogens is 4. The number of rotatable bonds is 3. The molecule has 2 aromatic heterocycles. The van der Waals surface area contributed by atoms with Crippen molar-refractivity contribution >= 4 is 11.3 Å². The SMILES string of the molecule is Nc1ccccc1CCc1nnc2cnccn12. The third-order valence-electron chi connectivity index (χ3n) is 2.96. The zero-order valence-electron chi connectivity index (χ0n) is 9.82. The molecule has 0 aliphatic carbocycles. The molecule has 0 saturated heterocycles. The number of nitrogens with two attached hydrogens (primary N) is 1. The van der Waals surface area contributed by atoms with Crippen molar-refractivity contribution in [3.05, 3.63) is 54.2 Å². The Morgan fingerprint density at radius 1 is 1.11 bits per heavy atom. The van der Waals surface area contributed by atoms with Crippen LogP contribution in [0.25, 0.3) is 5.65 Å². The lowest BCUT2D eigenvalue weighted by atomic mass is 10.1. The van der Waals surface area contributed by atoms with Gasteiger partial charge in [0.1, 0.15) is 5.82 Å². The maximum atomic E-state index is 5.92. The summed E-state index contributed by atoms with van der Waals surface area (Å²) in [4.78, 5) is 4.02. The van der Waals surface area contributed by atoms with Gasteiger partial charge in [0.15, 0.2) is 5.65 Å². The number of anilines is 1. The van der Waals surface area contributed by atoms with Crippen LogP contribution in [0.3, 0.4) is 0 Å². The Labute approximate surface area is 104 Å². The minimum absolute atomic E-state index is 0.772. The third kappa shape index (κ3) is 1.90. The van der Waals surface area contributed by atoms with Gasteiger partial charge >= 0.3 is 0 Å². The number of fused-ring (bicyclic) bond motifs is 1. The van der Waals surface area contributed by atoms with Crippen molar-refractivity contribution in [3.8, 4) is 0 Å². The Balaban J connectivity index is 1.83. The summed E-state index contributed by atoms with van der Waals surface area (Å²) in [6.07, 6.45) is 6.97. The van der Waals surface area contributed by atoms with E-state index >= 15 is 0 Å². The standard InChI is InChI=1S/C13H13N5/c14-11-4-2-1-3-10(11)5-6-12-16-17-13-9-15-7-8-18(12)13/h1-4,7-9H,5-6,14H2. The quantitative estimate of drug-likeness (QED) is 0.703. The van der Waals surface area contributed by atoms with Crippen molar-refractivity contribution < 1.29 is 0 Å². The fourth-order valence-corrected chi connectivity index (χ4v) is 1.98. The van der Waals surface area contributed by atoms with Gasteiger partial charge in [0.25, 0.3) is 0 Å². The van der Waals surface area contributed by atoms with Crippen molar-refractivity contribution in [3.63, 3.8) is 0 Å². The van der Waals surface area contributed by atoms with Gasteiger partial charge in [-0.3, -0.25) is 9.38 Å². The van der Waals surface area contributed by atoms with E-state index in [4.69, 9.17) is 5.73 Å². The van der Waals surface area contributed by atoms with Gasteiger partial charge in [0.05, 0.1) is 6.20 Å². The average Bonchev–Trinajstić information content (AvgIpc) is 2.81. The molecule has 0 spiro atoms. The molecular weight excluding hydrogens is 226 g/mol. The van der Waals surface area contributed by atoms with Gasteiger partial charge in [-0.2, -0.15) is 0 Å². The topological polar surface area (TPSA) is 69.1 Å². The van der Waals surface area contributed by atoms with Gasteiger partial charge in [0, 0.05) is 24.5 Å². The normalized spacial score (nSPS) is 10.9. The van der Waals surface area contributed by atoms with Crippen molar-refractivity contribution in [2.45, 2.75) is 12.8 Å². The molecule has 5 nitrogen and oxygen atoms in total. The molecular formula is C13H13N5. The van der Waals surface area contributed by atoms with Crippen LogP contribution < -0.4 is 5.73 Å². The highest BCUT2D eigenvalue weighted by atomic mass is 15.2. The minimum atomic E-state index is 0.772. The Morgan fingerprint density at radius 2 is 2.00 bits per heavy atom. The fraction of sp³-hybridized carbons (Fsp3) is 0.154. The summed E-state index contributed by atoms with van der Waals surface area (Å²) in [5.41, 5.74) is 8.66. The molecule has 0 amide bonds. The van der Waals surface area contributed by atoms with E-state index in [0.717, 1.165) is 35.6 Å². The van der Waals surface area contributed by atoms with Crippen molar-refractivity contribution in [2.24, 2.45) is 0 Å². The summed E-state index contributed by atoms with van der Waals surface area (Å²) in [7, 11) is 0. The second-order valence-electron chi connectivity index (χ2n) is 4.12. The summed E-state index contributed by atoms with van der Waals surface area (Å²) in [5, 5.41) is 8.24. The second-order valence-corrected chi connectivity index (χ2v) is 4.12. The first kappa shape index (κ1) is 10.7. The number of hydrogen-bond acceptors (Lipinski definition) is 4. The minimum Gasteiger partial charge on any atom is -0.399 e. The maximum Gasteiger partial charge on any atom is 0.179 e. The highest BCUT2D eigenvalue weighted by Gasteiger charge is 2.06. The van der Waals surface area contributed by atoms with E-state index in [9.17, 15) is 0 Å². The van der Waals surface area contributed by atoms with Gasteiger partial charge in [-0.25, -0.2) is 0 Å². The number of hydrogen-bond donors (Lipinski definition) is 1. The molecule has 5 heteroatoms. The second kappa shape index (κ2) is 4.44. The predicted octanol–water partition coefficient (Wildman–Crippen LogP) is 1.49. The highest BCUT2D eigenvalue weighted by Crippen LogP contribution is 2.13. The van der Waals surface area contributed by atoms with Crippen LogP contribution in [0.5, 0.6) is 0 Å². The van der Waals surface area contributed by atoms with E-state index in [1.807, 2.05) is 34.9 Å². The predicted molar refractivity (Wildman–Crippen MR) is 69.0 cm³/mol. The number of benzene rings is 1. The van der Waals surface area contributed by atoms with Crippen LogP contribution in [-0.2, 0) is 12.8 Å². The van der Waals surface area contributed by atoms with Gasteiger partial charge in [-0.15, -0.1) is 10.2 Å². The van der Waals surface area contributed by atoms with Crippen LogP contribution in [0.1, 0.15) is 11.4 Å². The molecule has 0 atom stereocenters. The number of aryl methyl sites for hydroxylation is 2.